The van der Waals surface area contributed by atoms with Crippen molar-refractivity contribution in [2.24, 2.45) is 11.8 Å². The maximum atomic E-state index is 14.1. The SMILES string of the molecule is CC(C)COC(=O)Oc1c2ccccc2c(OC(=O)OCC(C)C)c2cc(F)ccc12. The van der Waals surface area contributed by atoms with Crippen LogP contribution in [-0.4, -0.2) is 25.5 Å². The molecule has 3 rings (SSSR count). The van der Waals surface area contributed by atoms with Crippen LogP contribution >= 0.6 is 0 Å². The molecule has 31 heavy (non-hydrogen) atoms. The third-order valence-corrected chi connectivity index (χ3v) is 4.33. The van der Waals surface area contributed by atoms with Gasteiger partial charge in [0.25, 0.3) is 0 Å². The van der Waals surface area contributed by atoms with Crippen LogP contribution in [0.4, 0.5) is 14.0 Å². The van der Waals surface area contributed by atoms with Crippen molar-refractivity contribution >= 4 is 33.9 Å². The molecule has 6 nitrogen and oxygen atoms in total. The van der Waals surface area contributed by atoms with E-state index in [-0.39, 0.29) is 41.9 Å². The summed E-state index contributed by atoms with van der Waals surface area (Å²) in [6.07, 6.45) is -1.76. The number of hydrogen-bond acceptors (Lipinski definition) is 6. The molecule has 164 valence electrons. The summed E-state index contributed by atoms with van der Waals surface area (Å²) in [7, 11) is 0. The molecule has 3 aromatic carbocycles. The molecule has 0 radical (unpaired) electrons. The lowest BCUT2D eigenvalue weighted by Gasteiger charge is -2.16. The van der Waals surface area contributed by atoms with Gasteiger partial charge in [-0.1, -0.05) is 52.0 Å². The second-order valence-corrected chi connectivity index (χ2v) is 8.01. The average molecular weight is 428 g/mol. The molecule has 0 spiro atoms. The lowest BCUT2D eigenvalue weighted by Crippen LogP contribution is -2.16. The molecule has 0 N–H and O–H groups in total. The van der Waals surface area contributed by atoms with Crippen molar-refractivity contribution in [1.82, 2.24) is 0 Å². The Kier molecular flexibility index (Phi) is 6.95. The number of fused-ring (bicyclic) bond motifs is 2. The van der Waals surface area contributed by atoms with E-state index in [0.717, 1.165) is 0 Å². The van der Waals surface area contributed by atoms with Crippen molar-refractivity contribution in [3.8, 4) is 11.5 Å². The first-order chi connectivity index (χ1) is 14.8. The predicted molar refractivity (Wildman–Crippen MR) is 115 cm³/mol. The van der Waals surface area contributed by atoms with E-state index in [4.69, 9.17) is 18.9 Å². The molecule has 0 aliphatic heterocycles. The minimum absolute atomic E-state index is 0.127. The van der Waals surface area contributed by atoms with Crippen LogP contribution < -0.4 is 9.47 Å². The van der Waals surface area contributed by atoms with E-state index in [0.29, 0.717) is 16.2 Å². The molecular weight excluding hydrogens is 403 g/mol. The van der Waals surface area contributed by atoms with Crippen molar-refractivity contribution < 1.29 is 32.9 Å². The lowest BCUT2D eigenvalue weighted by atomic mass is 10.0. The molecular formula is C24H25FO6. The molecule has 3 aromatic rings. The zero-order valence-electron chi connectivity index (χ0n) is 17.9. The molecule has 7 heteroatoms. The van der Waals surface area contributed by atoms with E-state index in [1.807, 2.05) is 27.7 Å². The molecule has 0 aromatic heterocycles. The fourth-order valence-electron chi connectivity index (χ4n) is 2.99. The quantitative estimate of drug-likeness (QED) is 0.254. The third kappa shape index (κ3) is 5.42. The molecule has 0 fully saturated rings. The Labute approximate surface area is 179 Å². The van der Waals surface area contributed by atoms with Gasteiger partial charge in [-0.15, -0.1) is 0 Å². The summed E-state index contributed by atoms with van der Waals surface area (Å²) in [6.45, 7) is 8.00. The number of halogens is 1. The largest absolute Gasteiger partial charge is 0.513 e. The van der Waals surface area contributed by atoms with Crippen LogP contribution in [0.15, 0.2) is 42.5 Å². The Morgan fingerprint density at radius 2 is 1.19 bits per heavy atom. The summed E-state index contributed by atoms with van der Waals surface area (Å²) < 4.78 is 35.4. The average Bonchev–Trinajstić information content (AvgIpc) is 2.73. The number of benzene rings is 3. The standard InChI is InChI=1S/C24H25FO6/c1-14(2)12-28-23(26)30-21-17-7-5-6-8-18(17)22(31-24(27)29-13-15(3)4)20-11-16(25)9-10-19(20)21/h5-11,14-15H,12-13H2,1-4H3. The van der Waals surface area contributed by atoms with Crippen molar-refractivity contribution in [1.29, 1.82) is 0 Å². The molecule has 0 heterocycles. The lowest BCUT2D eigenvalue weighted by molar-refractivity contribution is 0.0879. The van der Waals surface area contributed by atoms with Gasteiger partial charge < -0.3 is 18.9 Å². The van der Waals surface area contributed by atoms with E-state index in [9.17, 15) is 14.0 Å². The highest BCUT2D eigenvalue weighted by molar-refractivity contribution is 6.12. The zero-order valence-corrected chi connectivity index (χ0v) is 17.9. The van der Waals surface area contributed by atoms with Gasteiger partial charge in [0.15, 0.2) is 5.75 Å². The first-order valence-corrected chi connectivity index (χ1v) is 10.1. The first-order valence-electron chi connectivity index (χ1n) is 10.1. The third-order valence-electron chi connectivity index (χ3n) is 4.33. The van der Waals surface area contributed by atoms with Gasteiger partial charge >= 0.3 is 12.3 Å². The predicted octanol–water partition coefficient (Wildman–Crippen LogP) is 6.47. The molecule has 0 aliphatic rings. The highest BCUT2D eigenvalue weighted by Crippen LogP contribution is 2.43. The van der Waals surface area contributed by atoms with Gasteiger partial charge in [0.2, 0.25) is 0 Å². The smallest absolute Gasteiger partial charge is 0.434 e. The van der Waals surface area contributed by atoms with E-state index in [1.165, 1.54) is 18.2 Å². The van der Waals surface area contributed by atoms with Crippen LogP contribution in [0.2, 0.25) is 0 Å². The van der Waals surface area contributed by atoms with Crippen LogP contribution in [0.5, 0.6) is 11.5 Å². The molecule has 0 saturated heterocycles. The summed E-state index contributed by atoms with van der Waals surface area (Å²) in [5.41, 5.74) is 0. The van der Waals surface area contributed by atoms with Gasteiger partial charge in [0, 0.05) is 21.5 Å². The van der Waals surface area contributed by atoms with Crippen LogP contribution in [0, 0.1) is 17.7 Å². The van der Waals surface area contributed by atoms with Gasteiger partial charge in [0.05, 0.1) is 13.2 Å². The summed E-state index contributed by atoms with van der Waals surface area (Å²) in [5, 5.41) is 1.64. The van der Waals surface area contributed by atoms with Crippen molar-refractivity contribution in [3.05, 3.63) is 48.3 Å². The van der Waals surface area contributed by atoms with Gasteiger partial charge in [-0.3, -0.25) is 0 Å². The molecule has 0 amide bonds. The highest BCUT2D eigenvalue weighted by Gasteiger charge is 2.22. The summed E-state index contributed by atoms with van der Waals surface area (Å²) in [5.74, 6) is 0.0643. The monoisotopic (exact) mass is 428 g/mol. The summed E-state index contributed by atoms with van der Waals surface area (Å²) in [6, 6.07) is 10.8. The topological polar surface area (TPSA) is 71.1 Å². The second-order valence-electron chi connectivity index (χ2n) is 8.01. The Morgan fingerprint density at radius 1 is 0.742 bits per heavy atom. The van der Waals surface area contributed by atoms with Crippen molar-refractivity contribution in [3.63, 3.8) is 0 Å². The fourth-order valence-corrected chi connectivity index (χ4v) is 2.99. The molecule has 0 aliphatic carbocycles. The van der Waals surface area contributed by atoms with E-state index in [2.05, 4.69) is 0 Å². The van der Waals surface area contributed by atoms with Gasteiger partial charge in [-0.05, 0) is 30.0 Å². The maximum Gasteiger partial charge on any atom is 0.513 e. The van der Waals surface area contributed by atoms with Crippen LogP contribution in [0.25, 0.3) is 21.5 Å². The summed E-state index contributed by atoms with van der Waals surface area (Å²) in [4.78, 5) is 24.5. The van der Waals surface area contributed by atoms with Crippen LogP contribution in [0.3, 0.4) is 0 Å². The van der Waals surface area contributed by atoms with Crippen molar-refractivity contribution in [2.45, 2.75) is 27.7 Å². The Balaban J connectivity index is 2.11. The van der Waals surface area contributed by atoms with Crippen LogP contribution in [0.1, 0.15) is 27.7 Å². The minimum Gasteiger partial charge on any atom is -0.434 e. The summed E-state index contributed by atoms with van der Waals surface area (Å²) >= 11 is 0. The van der Waals surface area contributed by atoms with Gasteiger partial charge in [-0.25, -0.2) is 14.0 Å². The normalized spacial score (nSPS) is 11.2. The second kappa shape index (κ2) is 9.64. The molecule has 0 atom stereocenters. The van der Waals surface area contributed by atoms with Crippen LogP contribution in [-0.2, 0) is 9.47 Å². The highest BCUT2D eigenvalue weighted by atomic mass is 19.1. The van der Waals surface area contributed by atoms with Gasteiger partial charge in [0.1, 0.15) is 11.6 Å². The Hall–Kier alpha value is -3.35. The van der Waals surface area contributed by atoms with E-state index < -0.39 is 18.1 Å². The number of rotatable bonds is 6. The number of ether oxygens (including phenoxy) is 4. The Bertz CT molecular complexity index is 1110. The van der Waals surface area contributed by atoms with E-state index in [1.54, 1.807) is 24.3 Å². The number of carbonyl (C=O) groups excluding carboxylic acids is 2. The van der Waals surface area contributed by atoms with E-state index >= 15 is 0 Å². The molecule has 0 saturated carbocycles. The van der Waals surface area contributed by atoms with Gasteiger partial charge in [-0.2, -0.15) is 0 Å². The minimum atomic E-state index is -0.894. The maximum absolute atomic E-state index is 14.1. The number of carbonyl (C=O) groups is 2. The molecule has 0 unspecified atom stereocenters. The fraction of sp³-hybridized carbons (Fsp3) is 0.333. The zero-order chi connectivity index (χ0) is 22.5. The number of hydrogen-bond donors (Lipinski definition) is 0. The Morgan fingerprint density at radius 3 is 1.68 bits per heavy atom. The molecule has 0 bridgehead atoms. The first kappa shape index (κ1) is 22.3. The van der Waals surface area contributed by atoms with Crippen molar-refractivity contribution in [2.75, 3.05) is 13.2 Å².